The highest BCUT2D eigenvalue weighted by Gasteiger charge is 2.20. The number of nitro groups is 2. The van der Waals surface area contributed by atoms with Crippen molar-refractivity contribution in [3.8, 4) is 56.0 Å². The van der Waals surface area contributed by atoms with Crippen molar-refractivity contribution >= 4 is 57.7 Å². The van der Waals surface area contributed by atoms with Crippen LogP contribution >= 0.6 is 0 Å². The second-order valence-electron chi connectivity index (χ2n) is 13.6. The molecule has 9 rings (SSSR count). The number of rotatable bonds is 8. The first-order valence-corrected chi connectivity index (χ1v) is 18.2. The summed E-state index contributed by atoms with van der Waals surface area (Å²) in [7, 11) is 3.26. The zero-order valence-corrected chi connectivity index (χ0v) is 31.1. The third kappa shape index (κ3) is 6.43. The Morgan fingerprint density at radius 1 is 0.414 bits per heavy atom. The molecule has 12 nitrogen and oxygen atoms in total. The number of nitrogens with zero attached hydrogens (tertiary/aromatic N) is 4. The van der Waals surface area contributed by atoms with Gasteiger partial charge >= 0.3 is 0 Å². The summed E-state index contributed by atoms with van der Waals surface area (Å²) in [6, 6.07) is 36.3. The average molecular weight is 765 g/mol. The largest absolute Gasteiger partial charge is 0.497 e. The lowest BCUT2D eigenvalue weighted by atomic mass is 10.0. The maximum Gasteiger partial charge on any atom is 0.269 e. The Bertz CT molecular complexity index is 2800. The molecule has 5 heterocycles. The minimum absolute atomic E-state index is 0.0312. The third-order valence-corrected chi connectivity index (χ3v) is 10.2. The van der Waals surface area contributed by atoms with Crippen LogP contribution in [0.15, 0.2) is 121 Å². The minimum Gasteiger partial charge on any atom is -0.497 e. The summed E-state index contributed by atoms with van der Waals surface area (Å²) in [5.41, 5.74) is 12.0. The van der Waals surface area contributed by atoms with E-state index in [4.69, 9.17) is 19.4 Å². The SMILES string of the molecule is COc1ccc(-c2c3nc(c(-c4ccc(OC)cc4)c4ccc([nH]4)c(-c4ccc([N+](=O)[O-])cc4)c4nc(c(-c5ccc([N+](=O)[O-])cc5)c5ccc2[nH]5)C=C4)C=C3)cc1. The predicted octanol–water partition coefficient (Wildman–Crippen LogP) is 11.2. The van der Waals surface area contributed by atoms with Crippen LogP contribution in [0.3, 0.4) is 0 Å². The van der Waals surface area contributed by atoms with E-state index in [-0.39, 0.29) is 11.4 Å². The Morgan fingerprint density at radius 3 is 0.914 bits per heavy atom. The molecule has 2 aliphatic heterocycles. The first-order chi connectivity index (χ1) is 28.3. The summed E-state index contributed by atoms with van der Waals surface area (Å²) in [5, 5.41) is 23.3. The predicted molar refractivity (Wildman–Crippen MR) is 227 cm³/mol. The summed E-state index contributed by atoms with van der Waals surface area (Å²) in [6.07, 6.45) is 7.82. The van der Waals surface area contributed by atoms with Crippen molar-refractivity contribution in [2.75, 3.05) is 14.2 Å². The standard InChI is InChI=1S/C46H32N6O6/c1-57-33-15-7-29(8-16-33)45-39-23-21-37(48-39)43(27-3-11-31(12-4-27)51(53)54)35-19-20-36(47-35)44(28-5-13-32(14-6-28)52(55)56)38-22-24-40(49-38)46(42-26-25-41(45)50-42)30-9-17-34(58-2)18-10-30/h3-26,48-49H,1-2H3. The van der Waals surface area contributed by atoms with Gasteiger partial charge in [-0.2, -0.15) is 0 Å². The molecule has 282 valence electrons. The van der Waals surface area contributed by atoms with E-state index in [1.165, 1.54) is 24.3 Å². The molecule has 0 saturated carbocycles. The molecule has 0 fully saturated rings. The molecule has 7 aromatic rings. The first-order valence-electron chi connectivity index (χ1n) is 18.2. The van der Waals surface area contributed by atoms with Gasteiger partial charge in [0.2, 0.25) is 0 Å². The number of hydrogen-bond donors (Lipinski definition) is 2. The lowest BCUT2D eigenvalue weighted by Crippen LogP contribution is -1.91. The second-order valence-corrected chi connectivity index (χ2v) is 13.6. The zero-order chi connectivity index (χ0) is 39.9. The molecule has 0 unspecified atom stereocenters. The molecule has 0 amide bonds. The van der Waals surface area contributed by atoms with Crippen LogP contribution in [0.5, 0.6) is 11.5 Å². The van der Waals surface area contributed by atoms with Crippen LogP contribution in [0.4, 0.5) is 11.4 Å². The number of nitro benzene ring substituents is 2. The van der Waals surface area contributed by atoms with Gasteiger partial charge in [0, 0.05) is 68.6 Å². The van der Waals surface area contributed by atoms with E-state index in [2.05, 4.69) is 9.97 Å². The van der Waals surface area contributed by atoms with Gasteiger partial charge in [0.15, 0.2) is 0 Å². The molecule has 0 aliphatic carbocycles. The highest BCUT2D eigenvalue weighted by atomic mass is 16.6. The van der Waals surface area contributed by atoms with Gasteiger partial charge in [-0.3, -0.25) is 20.2 Å². The Kier molecular flexibility index (Phi) is 8.90. The van der Waals surface area contributed by atoms with Gasteiger partial charge in [-0.1, -0.05) is 24.3 Å². The topological polar surface area (TPSA) is 162 Å². The Morgan fingerprint density at radius 2 is 0.672 bits per heavy atom. The van der Waals surface area contributed by atoms with Gasteiger partial charge in [0.05, 0.1) is 46.8 Å². The van der Waals surface area contributed by atoms with E-state index in [0.29, 0.717) is 22.5 Å². The molecule has 3 aromatic heterocycles. The van der Waals surface area contributed by atoms with Crippen molar-refractivity contribution < 1.29 is 19.3 Å². The molecular weight excluding hydrogens is 733 g/mol. The number of fused-ring (bicyclic) bond motifs is 8. The van der Waals surface area contributed by atoms with E-state index >= 15 is 0 Å². The molecule has 58 heavy (non-hydrogen) atoms. The molecule has 0 saturated heterocycles. The van der Waals surface area contributed by atoms with E-state index in [9.17, 15) is 20.2 Å². The van der Waals surface area contributed by atoms with Crippen LogP contribution in [0.1, 0.15) is 22.8 Å². The summed E-state index contributed by atoms with van der Waals surface area (Å²) >= 11 is 0. The number of non-ortho nitro benzene ring substituents is 2. The van der Waals surface area contributed by atoms with Gasteiger partial charge in [-0.25, -0.2) is 9.97 Å². The highest BCUT2D eigenvalue weighted by molar-refractivity contribution is 6.00. The quantitative estimate of drug-likeness (QED) is 0.114. The molecular formula is C46H32N6O6. The number of methoxy groups -OCH3 is 2. The van der Waals surface area contributed by atoms with Crippen molar-refractivity contribution in [1.82, 2.24) is 19.9 Å². The summed E-state index contributed by atoms with van der Waals surface area (Å²) in [5.74, 6) is 1.44. The number of nitrogens with one attached hydrogen (secondary N) is 2. The number of aromatic nitrogens is 4. The zero-order valence-electron chi connectivity index (χ0n) is 31.1. The lowest BCUT2D eigenvalue weighted by molar-refractivity contribution is -0.385. The molecule has 8 bridgehead atoms. The van der Waals surface area contributed by atoms with Crippen LogP contribution in [0, 0.1) is 20.2 Å². The van der Waals surface area contributed by atoms with Crippen LogP contribution < -0.4 is 9.47 Å². The smallest absolute Gasteiger partial charge is 0.269 e. The van der Waals surface area contributed by atoms with Crippen molar-refractivity contribution in [3.05, 3.63) is 164 Å². The number of ether oxygens (including phenoxy) is 2. The lowest BCUT2D eigenvalue weighted by Gasteiger charge is -2.08. The fraction of sp³-hybridized carbons (Fsp3) is 0.0435. The van der Waals surface area contributed by atoms with Gasteiger partial charge in [-0.05, 0) is 119 Å². The van der Waals surface area contributed by atoms with E-state index in [1.54, 1.807) is 38.5 Å². The fourth-order valence-corrected chi connectivity index (χ4v) is 7.44. The monoisotopic (exact) mass is 764 g/mol. The highest BCUT2D eigenvalue weighted by Crippen LogP contribution is 2.39. The summed E-state index contributed by atoms with van der Waals surface area (Å²) in [4.78, 5) is 40.2. The molecule has 4 aromatic carbocycles. The second kappa shape index (κ2) is 14.5. The first kappa shape index (κ1) is 35.6. The van der Waals surface area contributed by atoms with Gasteiger partial charge in [-0.15, -0.1) is 0 Å². The summed E-state index contributed by atoms with van der Waals surface area (Å²) in [6.45, 7) is 0. The van der Waals surface area contributed by atoms with Gasteiger partial charge in [0.25, 0.3) is 11.4 Å². The maximum atomic E-state index is 11.6. The van der Waals surface area contributed by atoms with Gasteiger partial charge < -0.3 is 19.4 Å². The minimum atomic E-state index is -0.427. The Labute approximate surface area is 330 Å². The molecule has 2 aliphatic rings. The number of benzene rings is 4. The van der Waals surface area contributed by atoms with Crippen LogP contribution in [0.2, 0.25) is 0 Å². The van der Waals surface area contributed by atoms with Crippen molar-refractivity contribution in [2.45, 2.75) is 0 Å². The number of H-pyrrole nitrogens is 2. The van der Waals surface area contributed by atoms with Crippen molar-refractivity contribution in [3.63, 3.8) is 0 Å². The van der Waals surface area contributed by atoms with E-state index in [0.717, 1.165) is 78.3 Å². The molecule has 2 N–H and O–H groups in total. The molecule has 0 spiro atoms. The van der Waals surface area contributed by atoms with Crippen LogP contribution in [-0.4, -0.2) is 44.0 Å². The van der Waals surface area contributed by atoms with Crippen molar-refractivity contribution in [1.29, 1.82) is 0 Å². The number of aromatic amines is 2. The molecule has 0 radical (unpaired) electrons. The normalized spacial score (nSPS) is 11.8. The van der Waals surface area contributed by atoms with Crippen molar-refractivity contribution in [2.24, 2.45) is 0 Å². The Balaban J connectivity index is 1.43. The number of hydrogen-bond acceptors (Lipinski definition) is 8. The van der Waals surface area contributed by atoms with Crippen LogP contribution in [-0.2, 0) is 0 Å². The van der Waals surface area contributed by atoms with E-state index in [1.807, 2.05) is 97.1 Å². The fourth-order valence-electron chi connectivity index (χ4n) is 7.44. The van der Waals surface area contributed by atoms with E-state index < -0.39 is 9.85 Å². The van der Waals surface area contributed by atoms with Gasteiger partial charge in [0.1, 0.15) is 11.5 Å². The van der Waals surface area contributed by atoms with Crippen LogP contribution in [0.25, 0.3) is 90.9 Å². The summed E-state index contributed by atoms with van der Waals surface area (Å²) < 4.78 is 11.0. The maximum absolute atomic E-state index is 11.6. The molecule has 12 heteroatoms. The average Bonchev–Trinajstić information content (AvgIpc) is 4.10. The molecule has 0 atom stereocenters. The Hall–Kier alpha value is -8.12. The third-order valence-electron chi connectivity index (χ3n) is 10.2.